The fourth-order valence-electron chi connectivity index (χ4n) is 2.14. The van der Waals surface area contributed by atoms with Crippen LogP contribution in [0.1, 0.15) is 19.2 Å². The largest absolute Gasteiger partial charge is 0.335 e. The molecule has 0 aromatic carbocycles. The zero-order chi connectivity index (χ0) is 14.1. The van der Waals surface area contributed by atoms with Crippen molar-refractivity contribution in [1.29, 1.82) is 0 Å². The Morgan fingerprint density at radius 1 is 1.30 bits per heavy atom. The molecule has 0 bridgehead atoms. The minimum Gasteiger partial charge on any atom is -0.335 e. The molecule has 0 atom stereocenters. The van der Waals surface area contributed by atoms with Gasteiger partial charge >= 0.3 is 5.69 Å². The summed E-state index contributed by atoms with van der Waals surface area (Å²) < 4.78 is 3.16. The Kier molecular flexibility index (Phi) is 2.97. The zero-order valence-electron chi connectivity index (χ0n) is 11.0. The molecule has 0 unspecified atom stereocenters. The average molecular weight is 274 g/mol. The van der Waals surface area contributed by atoms with Crippen LogP contribution in [-0.4, -0.2) is 29.3 Å². The molecule has 20 heavy (non-hydrogen) atoms. The van der Waals surface area contributed by atoms with E-state index in [0.29, 0.717) is 30.1 Å². The Morgan fingerprint density at radius 3 is 2.85 bits per heavy atom. The predicted octanol–water partition coefficient (Wildman–Crippen LogP) is 0.0677. The maximum absolute atomic E-state index is 11.8. The minimum atomic E-state index is -0.448. The lowest BCUT2D eigenvalue weighted by Crippen LogP contribution is -2.30. The summed E-state index contributed by atoms with van der Waals surface area (Å²) in [4.78, 5) is 33.2. The highest BCUT2D eigenvalue weighted by atomic mass is 16.2. The fraction of sp³-hybridized carbons (Fsp3) is 0.333. The lowest BCUT2D eigenvalue weighted by molar-refractivity contribution is 0.646. The number of hydrogen-bond donors (Lipinski definition) is 2. The number of nitrogens with one attached hydrogen (secondary N) is 2. The van der Waals surface area contributed by atoms with E-state index in [1.807, 2.05) is 13.0 Å². The Bertz CT molecular complexity index is 839. The van der Waals surface area contributed by atoms with E-state index < -0.39 is 11.2 Å². The van der Waals surface area contributed by atoms with Crippen molar-refractivity contribution in [3.63, 3.8) is 0 Å². The highest BCUT2D eigenvalue weighted by molar-refractivity contribution is 5.69. The molecule has 0 fully saturated rings. The predicted molar refractivity (Wildman–Crippen MR) is 72.6 cm³/mol. The molecule has 0 spiro atoms. The first-order valence-corrected chi connectivity index (χ1v) is 6.38. The third kappa shape index (κ3) is 2.04. The van der Waals surface area contributed by atoms with Gasteiger partial charge in [0.1, 0.15) is 11.3 Å². The van der Waals surface area contributed by atoms with Crippen molar-refractivity contribution in [3.8, 4) is 0 Å². The first kappa shape index (κ1) is 12.4. The number of aromatic amines is 2. The van der Waals surface area contributed by atoms with E-state index in [-0.39, 0.29) is 0 Å². The molecule has 8 heteroatoms. The van der Waals surface area contributed by atoms with E-state index in [4.69, 9.17) is 0 Å². The highest BCUT2D eigenvalue weighted by Gasteiger charge is 2.12. The van der Waals surface area contributed by atoms with Crippen molar-refractivity contribution in [2.24, 2.45) is 0 Å². The Labute approximate surface area is 113 Å². The van der Waals surface area contributed by atoms with Gasteiger partial charge in [0, 0.05) is 18.9 Å². The van der Waals surface area contributed by atoms with Gasteiger partial charge in [-0.1, -0.05) is 6.92 Å². The van der Waals surface area contributed by atoms with Gasteiger partial charge in [0.2, 0.25) is 0 Å². The van der Waals surface area contributed by atoms with Crippen LogP contribution in [0.3, 0.4) is 0 Å². The number of aryl methyl sites for hydroxylation is 1. The SMILES string of the molecule is CCCn1c(=O)[nH]c(=O)c2[nH]c(Cn3cccn3)nc21. The van der Waals surface area contributed by atoms with Crippen LogP contribution in [0.25, 0.3) is 11.2 Å². The summed E-state index contributed by atoms with van der Waals surface area (Å²) in [5, 5.41) is 4.08. The normalized spacial score (nSPS) is 11.2. The molecule has 0 aliphatic rings. The van der Waals surface area contributed by atoms with E-state index in [1.165, 1.54) is 4.57 Å². The molecule has 2 N–H and O–H groups in total. The van der Waals surface area contributed by atoms with Crippen LogP contribution in [0, 0.1) is 0 Å². The van der Waals surface area contributed by atoms with Crippen molar-refractivity contribution in [1.82, 2.24) is 29.3 Å². The molecule has 0 saturated heterocycles. The molecular formula is C12H14N6O2. The summed E-state index contributed by atoms with van der Waals surface area (Å²) in [5.74, 6) is 0.588. The van der Waals surface area contributed by atoms with Crippen molar-refractivity contribution in [3.05, 3.63) is 45.1 Å². The molecule has 3 heterocycles. The van der Waals surface area contributed by atoms with Crippen LogP contribution in [0.5, 0.6) is 0 Å². The van der Waals surface area contributed by atoms with E-state index in [0.717, 1.165) is 6.42 Å². The van der Waals surface area contributed by atoms with Crippen LogP contribution in [0.4, 0.5) is 0 Å². The van der Waals surface area contributed by atoms with E-state index in [9.17, 15) is 9.59 Å². The van der Waals surface area contributed by atoms with Gasteiger partial charge in [0.25, 0.3) is 5.56 Å². The maximum atomic E-state index is 11.8. The Morgan fingerprint density at radius 2 is 2.15 bits per heavy atom. The van der Waals surface area contributed by atoms with Crippen molar-refractivity contribution >= 4 is 11.2 Å². The summed E-state index contributed by atoms with van der Waals surface area (Å²) >= 11 is 0. The second-order valence-electron chi connectivity index (χ2n) is 4.50. The Hall–Kier alpha value is -2.64. The third-order valence-corrected chi connectivity index (χ3v) is 3.00. The van der Waals surface area contributed by atoms with Gasteiger partial charge in [0.05, 0.1) is 6.54 Å². The molecule has 8 nitrogen and oxygen atoms in total. The number of imidazole rings is 1. The molecule has 3 rings (SSSR count). The van der Waals surface area contributed by atoms with Gasteiger partial charge < -0.3 is 4.98 Å². The quantitative estimate of drug-likeness (QED) is 0.702. The summed E-state index contributed by atoms with van der Waals surface area (Å²) in [6.07, 6.45) is 4.25. The smallest absolute Gasteiger partial charge is 0.330 e. The second kappa shape index (κ2) is 4.80. The number of nitrogens with zero attached hydrogens (tertiary/aromatic N) is 4. The monoisotopic (exact) mass is 274 g/mol. The van der Waals surface area contributed by atoms with Gasteiger partial charge in [-0.25, -0.2) is 9.78 Å². The van der Waals surface area contributed by atoms with Gasteiger partial charge in [-0.2, -0.15) is 5.10 Å². The van der Waals surface area contributed by atoms with Crippen LogP contribution in [0.15, 0.2) is 28.0 Å². The molecule has 0 aliphatic carbocycles. The summed E-state index contributed by atoms with van der Waals surface area (Å²) in [5.41, 5.74) is -0.166. The molecule has 0 amide bonds. The van der Waals surface area contributed by atoms with Crippen LogP contribution < -0.4 is 11.2 Å². The average Bonchev–Trinajstić information content (AvgIpc) is 3.04. The molecule has 0 saturated carbocycles. The minimum absolute atomic E-state index is 0.320. The van der Waals surface area contributed by atoms with E-state index >= 15 is 0 Å². The molecule has 0 aliphatic heterocycles. The fourth-order valence-corrected chi connectivity index (χ4v) is 2.14. The van der Waals surface area contributed by atoms with Gasteiger partial charge in [-0.15, -0.1) is 0 Å². The lowest BCUT2D eigenvalue weighted by atomic mass is 10.4. The highest BCUT2D eigenvalue weighted by Crippen LogP contribution is 2.06. The first-order chi connectivity index (χ1) is 9.69. The van der Waals surface area contributed by atoms with Gasteiger partial charge in [0.15, 0.2) is 5.65 Å². The zero-order valence-corrected chi connectivity index (χ0v) is 11.0. The lowest BCUT2D eigenvalue weighted by Gasteiger charge is -2.02. The van der Waals surface area contributed by atoms with E-state index in [2.05, 4.69) is 20.1 Å². The summed E-state index contributed by atoms with van der Waals surface area (Å²) in [7, 11) is 0. The van der Waals surface area contributed by atoms with Crippen molar-refractivity contribution in [2.75, 3.05) is 0 Å². The number of rotatable bonds is 4. The number of hydrogen-bond acceptors (Lipinski definition) is 4. The molecule has 3 aromatic heterocycles. The number of fused-ring (bicyclic) bond motifs is 1. The van der Waals surface area contributed by atoms with Crippen LogP contribution in [0.2, 0.25) is 0 Å². The first-order valence-electron chi connectivity index (χ1n) is 6.38. The molecular weight excluding hydrogens is 260 g/mol. The number of H-pyrrole nitrogens is 2. The molecule has 3 aromatic rings. The van der Waals surface area contributed by atoms with Gasteiger partial charge in [-0.3, -0.25) is 19.0 Å². The summed E-state index contributed by atoms with van der Waals surface area (Å²) in [6, 6.07) is 1.81. The van der Waals surface area contributed by atoms with E-state index in [1.54, 1.807) is 17.1 Å². The van der Waals surface area contributed by atoms with Crippen molar-refractivity contribution < 1.29 is 0 Å². The standard InChI is InChI=1S/C12H14N6O2/c1-2-5-18-10-9(11(19)16-12(18)20)14-8(15-10)7-17-6-3-4-13-17/h3-4,6H,2,5,7H2,1H3,(H,14,15)(H,16,19,20). The van der Waals surface area contributed by atoms with Gasteiger partial charge in [-0.05, 0) is 12.5 Å². The number of aromatic nitrogens is 6. The molecule has 104 valence electrons. The molecule has 0 radical (unpaired) electrons. The second-order valence-corrected chi connectivity index (χ2v) is 4.50. The van der Waals surface area contributed by atoms with Crippen LogP contribution >= 0.6 is 0 Å². The summed E-state index contributed by atoms with van der Waals surface area (Å²) in [6.45, 7) is 2.89. The third-order valence-electron chi connectivity index (χ3n) is 3.00. The van der Waals surface area contributed by atoms with Crippen LogP contribution in [-0.2, 0) is 13.1 Å². The topological polar surface area (TPSA) is 101 Å². The van der Waals surface area contributed by atoms with Crippen molar-refractivity contribution in [2.45, 2.75) is 26.4 Å². The Balaban J connectivity index is 2.14. The maximum Gasteiger partial charge on any atom is 0.330 e.